The Hall–Kier alpha value is -0.510. The minimum absolute atomic E-state index is 0.00149. The fourth-order valence-electron chi connectivity index (χ4n) is 1.27. The van der Waals surface area contributed by atoms with Gasteiger partial charge in [-0.3, -0.25) is 0 Å². The van der Waals surface area contributed by atoms with Gasteiger partial charge in [0.25, 0.3) is 0 Å². The van der Waals surface area contributed by atoms with E-state index in [4.69, 9.17) is 5.73 Å². The van der Waals surface area contributed by atoms with Crippen molar-refractivity contribution in [2.75, 3.05) is 6.61 Å². The van der Waals surface area contributed by atoms with Crippen LogP contribution in [0.2, 0.25) is 0 Å². The van der Waals surface area contributed by atoms with Crippen LogP contribution in [0.15, 0.2) is 23.1 Å². The quantitative estimate of drug-likeness (QED) is 0.771. The van der Waals surface area contributed by atoms with E-state index in [9.17, 15) is 5.11 Å². The predicted molar refractivity (Wildman–Crippen MR) is 66.3 cm³/mol. The van der Waals surface area contributed by atoms with Crippen molar-refractivity contribution in [2.45, 2.75) is 37.0 Å². The molecule has 0 bridgehead atoms. The van der Waals surface area contributed by atoms with Crippen molar-refractivity contribution in [3.63, 3.8) is 0 Å². The summed E-state index contributed by atoms with van der Waals surface area (Å²) in [5.74, 6) is 0. The van der Waals surface area contributed by atoms with Gasteiger partial charge in [0.1, 0.15) is 0 Å². The van der Waals surface area contributed by atoms with Gasteiger partial charge in [-0.15, -0.1) is 11.8 Å². The van der Waals surface area contributed by atoms with Gasteiger partial charge < -0.3 is 10.8 Å². The van der Waals surface area contributed by atoms with E-state index in [1.54, 1.807) is 11.8 Å². The standard InChI is InChI=1S/C12H19NOS/c1-8-4-5-11(6-9(8)2)15-12(7-14)10(3)13/h4-6,10,12,14H,7,13H2,1-3H3. The summed E-state index contributed by atoms with van der Waals surface area (Å²) in [5, 5.41) is 9.26. The lowest BCUT2D eigenvalue weighted by Crippen LogP contribution is -2.31. The lowest BCUT2D eigenvalue weighted by atomic mass is 10.1. The number of rotatable bonds is 4. The van der Waals surface area contributed by atoms with Crippen molar-refractivity contribution in [3.8, 4) is 0 Å². The fraction of sp³-hybridized carbons (Fsp3) is 0.500. The van der Waals surface area contributed by atoms with E-state index in [0.717, 1.165) is 0 Å². The van der Waals surface area contributed by atoms with Crippen molar-refractivity contribution < 1.29 is 5.11 Å². The van der Waals surface area contributed by atoms with Crippen molar-refractivity contribution in [1.29, 1.82) is 0 Å². The first kappa shape index (κ1) is 12.6. The van der Waals surface area contributed by atoms with Gasteiger partial charge >= 0.3 is 0 Å². The third kappa shape index (κ3) is 3.52. The molecule has 0 aromatic heterocycles. The van der Waals surface area contributed by atoms with Gasteiger partial charge in [-0.1, -0.05) is 6.07 Å². The highest BCUT2D eigenvalue weighted by Gasteiger charge is 2.14. The van der Waals surface area contributed by atoms with E-state index in [2.05, 4.69) is 32.0 Å². The highest BCUT2D eigenvalue weighted by atomic mass is 32.2. The number of aliphatic hydroxyl groups excluding tert-OH is 1. The molecule has 0 radical (unpaired) electrons. The molecule has 3 heteroatoms. The topological polar surface area (TPSA) is 46.2 Å². The summed E-state index contributed by atoms with van der Waals surface area (Å²) < 4.78 is 0. The number of hydrogen-bond acceptors (Lipinski definition) is 3. The van der Waals surface area contributed by atoms with Gasteiger partial charge in [0.05, 0.1) is 6.61 Å². The molecule has 0 saturated heterocycles. The van der Waals surface area contributed by atoms with Crippen molar-refractivity contribution in [1.82, 2.24) is 0 Å². The molecule has 2 unspecified atom stereocenters. The summed E-state index contributed by atoms with van der Waals surface area (Å²) in [6.45, 7) is 6.24. The number of nitrogens with two attached hydrogens (primary N) is 1. The number of benzene rings is 1. The second-order valence-corrected chi connectivity index (χ2v) is 5.26. The van der Waals surface area contributed by atoms with Crippen LogP contribution in [-0.4, -0.2) is 23.0 Å². The molecule has 1 aromatic rings. The van der Waals surface area contributed by atoms with Crippen LogP contribution in [0.4, 0.5) is 0 Å². The molecular weight excluding hydrogens is 206 g/mol. The van der Waals surface area contributed by atoms with E-state index >= 15 is 0 Å². The molecule has 2 atom stereocenters. The normalized spacial score (nSPS) is 15.0. The van der Waals surface area contributed by atoms with E-state index < -0.39 is 0 Å². The second kappa shape index (κ2) is 5.54. The van der Waals surface area contributed by atoms with Gasteiger partial charge in [-0.05, 0) is 44.0 Å². The van der Waals surface area contributed by atoms with E-state index in [1.165, 1.54) is 16.0 Å². The molecule has 0 fully saturated rings. The predicted octanol–water partition coefficient (Wildman–Crippen LogP) is 2.10. The van der Waals surface area contributed by atoms with Crippen LogP contribution < -0.4 is 5.73 Å². The Morgan fingerprint density at radius 3 is 2.47 bits per heavy atom. The van der Waals surface area contributed by atoms with Crippen LogP contribution in [-0.2, 0) is 0 Å². The monoisotopic (exact) mass is 225 g/mol. The largest absolute Gasteiger partial charge is 0.395 e. The molecule has 0 amide bonds. The van der Waals surface area contributed by atoms with Crippen molar-refractivity contribution in [3.05, 3.63) is 29.3 Å². The van der Waals surface area contributed by atoms with Gasteiger partial charge in [-0.25, -0.2) is 0 Å². The van der Waals surface area contributed by atoms with Crippen LogP contribution in [0, 0.1) is 13.8 Å². The van der Waals surface area contributed by atoms with Crippen LogP contribution in [0.1, 0.15) is 18.1 Å². The number of aliphatic hydroxyl groups is 1. The van der Waals surface area contributed by atoms with Crippen LogP contribution in [0.5, 0.6) is 0 Å². The Bertz CT molecular complexity index is 325. The molecule has 1 aromatic carbocycles. The van der Waals surface area contributed by atoms with Crippen LogP contribution in [0.3, 0.4) is 0 Å². The van der Waals surface area contributed by atoms with Gasteiger partial charge in [0.2, 0.25) is 0 Å². The first-order valence-electron chi connectivity index (χ1n) is 5.15. The van der Waals surface area contributed by atoms with Crippen LogP contribution in [0.25, 0.3) is 0 Å². The molecule has 84 valence electrons. The summed E-state index contributed by atoms with van der Waals surface area (Å²) in [7, 11) is 0. The minimum atomic E-state index is 0.00149. The van der Waals surface area contributed by atoms with Gasteiger partial charge in [0.15, 0.2) is 0 Å². The molecule has 0 spiro atoms. The number of aryl methyl sites for hydroxylation is 2. The maximum absolute atomic E-state index is 9.18. The molecule has 0 aliphatic heterocycles. The van der Waals surface area contributed by atoms with E-state index in [0.29, 0.717) is 0 Å². The third-order valence-corrected chi connectivity index (χ3v) is 3.94. The maximum atomic E-state index is 9.18. The molecule has 3 N–H and O–H groups in total. The highest BCUT2D eigenvalue weighted by molar-refractivity contribution is 8.00. The van der Waals surface area contributed by atoms with Crippen molar-refractivity contribution in [2.24, 2.45) is 5.73 Å². The first-order chi connectivity index (χ1) is 7.04. The molecule has 2 nitrogen and oxygen atoms in total. The molecule has 0 aliphatic carbocycles. The summed E-state index contributed by atoms with van der Waals surface area (Å²) in [6, 6.07) is 6.33. The van der Waals surface area contributed by atoms with E-state index in [-0.39, 0.29) is 17.9 Å². The second-order valence-electron chi connectivity index (χ2n) is 3.94. The Morgan fingerprint density at radius 1 is 1.33 bits per heavy atom. The maximum Gasteiger partial charge on any atom is 0.0568 e. The Kier molecular flexibility index (Phi) is 4.64. The average Bonchev–Trinajstić information content (AvgIpc) is 2.19. The lowest BCUT2D eigenvalue weighted by molar-refractivity contribution is 0.285. The molecule has 0 aliphatic rings. The van der Waals surface area contributed by atoms with Gasteiger partial charge in [0, 0.05) is 16.2 Å². The minimum Gasteiger partial charge on any atom is -0.395 e. The highest BCUT2D eigenvalue weighted by Crippen LogP contribution is 2.26. The summed E-state index contributed by atoms with van der Waals surface area (Å²) in [6.07, 6.45) is 0. The Balaban J connectivity index is 2.75. The third-order valence-electron chi connectivity index (χ3n) is 2.53. The number of thioether (sulfide) groups is 1. The van der Waals surface area contributed by atoms with Gasteiger partial charge in [-0.2, -0.15) is 0 Å². The van der Waals surface area contributed by atoms with E-state index in [1.807, 2.05) is 6.92 Å². The zero-order chi connectivity index (χ0) is 11.4. The molecule has 0 saturated carbocycles. The lowest BCUT2D eigenvalue weighted by Gasteiger charge is -2.18. The summed E-state index contributed by atoms with van der Waals surface area (Å²) >= 11 is 1.64. The molecule has 1 rings (SSSR count). The van der Waals surface area contributed by atoms with Crippen LogP contribution >= 0.6 is 11.8 Å². The van der Waals surface area contributed by atoms with Crippen molar-refractivity contribution >= 4 is 11.8 Å². The molecular formula is C12H19NOS. The molecule has 0 heterocycles. The Morgan fingerprint density at radius 2 is 2.00 bits per heavy atom. The SMILES string of the molecule is Cc1ccc(SC(CO)C(C)N)cc1C. The molecule has 15 heavy (non-hydrogen) atoms. The zero-order valence-corrected chi connectivity index (χ0v) is 10.3. The number of hydrogen-bond donors (Lipinski definition) is 2. The summed E-state index contributed by atoms with van der Waals surface area (Å²) in [4.78, 5) is 1.18. The first-order valence-corrected chi connectivity index (χ1v) is 6.03. The summed E-state index contributed by atoms with van der Waals surface area (Å²) in [5.41, 5.74) is 8.35. The zero-order valence-electron chi connectivity index (χ0n) is 9.53. The fourth-order valence-corrected chi connectivity index (χ4v) is 2.30. The Labute approximate surface area is 95.9 Å². The average molecular weight is 225 g/mol. The smallest absolute Gasteiger partial charge is 0.0568 e.